The molecule has 0 bridgehead atoms. The van der Waals surface area contributed by atoms with E-state index in [0.29, 0.717) is 24.6 Å². The van der Waals surface area contributed by atoms with Gasteiger partial charge in [0, 0.05) is 29.8 Å². The van der Waals surface area contributed by atoms with Crippen molar-refractivity contribution in [1.82, 2.24) is 15.1 Å². The van der Waals surface area contributed by atoms with Crippen molar-refractivity contribution in [2.24, 2.45) is 5.92 Å². The first kappa shape index (κ1) is 30.4. The molecule has 0 radical (unpaired) electrons. The Hall–Kier alpha value is -4.02. The van der Waals surface area contributed by atoms with Gasteiger partial charge in [-0.05, 0) is 94.1 Å². The van der Waals surface area contributed by atoms with E-state index in [4.69, 9.17) is 0 Å². The minimum absolute atomic E-state index is 0.0605. The number of carbonyl (C=O) groups is 3. The van der Waals surface area contributed by atoms with Crippen LogP contribution in [0.15, 0.2) is 83.8 Å². The fraction of sp³-hybridized carbons (Fsp3) is 0.364. The van der Waals surface area contributed by atoms with Crippen LogP contribution in [0.4, 0.5) is 5.69 Å². The lowest BCUT2D eigenvalue weighted by molar-refractivity contribution is -0.131. The van der Waals surface area contributed by atoms with Crippen LogP contribution in [0.1, 0.15) is 58.4 Å². The predicted octanol–water partition coefficient (Wildman–Crippen LogP) is 4.17. The molecule has 3 aromatic carbocycles. The minimum atomic E-state index is -4.05. The number of piperidine rings is 1. The van der Waals surface area contributed by atoms with Crippen molar-refractivity contribution >= 4 is 33.3 Å². The topological polar surface area (TPSA) is 116 Å². The number of amides is 2. The first-order valence-electron chi connectivity index (χ1n) is 14.9. The van der Waals surface area contributed by atoms with E-state index in [9.17, 15) is 22.8 Å². The summed E-state index contributed by atoms with van der Waals surface area (Å²) in [6, 6.07) is 20.5. The quantitative estimate of drug-likeness (QED) is 0.319. The van der Waals surface area contributed by atoms with Crippen molar-refractivity contribution in [2.45, 2.75) is 37.0 Å². The van der Waals surface area contributed by atoms with Crippen LogP contribution in [-0.2, 0) is 14.8 Å². The van der Waals surface area contributed by atoms with Gasteiger partial charge < -0.3 is 15.1 Å². The van der Waals surface area contributed by atoms with E-state index in [0.717, 1.165) is 19.4 Å². The summed E-state index contributed by atoms with van der Waals surface area (Å²) in [4.78, 5) is 42.7. The van der Waals surface area contributed by atoms with Crippen LogP contribution in [0.3, 0.4) is 0 Å². The summed E-state index contributed by atoms with van der Waals surface area (Å²) in [7, 11) is -4.05. The maximum Gasteiger partial charge on any atom is 0.261 e. The highest BCUT2D eigenvalue weighted by Gasteiger charge is 2.24. The van der Waals surface area contributed by atoms with Gasteiger partial charge in [0.2, 0.25) is 5.91 Å². The Morgan fingerprint density at radius 2 is 1.42 bits per heavy atom. The average Bonchev–Trinajstić information content (AvgIpc) is 3.57. The second-order valence-electron chi connectivity index (χ2n) is 11.2. The smallest absolute Gasteiger partial charge is 0.261 e. The van der Waals surface area contributed by atoms with Crippen molar-refractivity contribution < 1.29 is 22.8 Å². The Labute approximate surface area is 253 Å². The summed E-state index contributed by atoms with van der Waals surface area (Å²) in [5, 5.41) is 2.66. The number of hydrogen-bond acceptors (Lipinski definition) is 6. The summed E-state index contributed by atoms with van der Waals surface area (Å²) in [6.07, 6.45) is 5.75. The summed E-state index contributed by atoms with van der Waals surface area (Å²) in [5.41, 5.74) is 1.07. The number of para-hydroxylation sites is 1. The van der Waals surface area contributed by atoms with Gasteiger partial charge in [-0.1, -0.05) is 42.5 Å². The standard InChI is InChI=1S/C33H38N4O5S/c38-31(37-22-17-25(18-23-37)16-21-36-19-6-7-20-36)24-34-33(40)27-12-14-28(15-13-27)43(41,42)35-30-11-5-4-10-29(30)32(39)26-8-2-1-3-9-26/h1-5,8-15,25,35H,6-7,16-24H2,(H,34,40). The molecular weight excluding hydrogens is 564 g/mol. The zero-order chi connectivity index (χ0) is 30.2. The third-order valence-corrected chi connectivity index (χ3v) is 9.68. The number of carbonyl (C=O) groups excluding carboxylic acids is 3. The number of nitrogens with zero attached hydrogens (tertiary/aromatic N) is 2. The minimum Gasteiger partial charge on any atom is -0.343 e. The van der Waals surface area contributed by atoms with Gasteiger partial charge in [-0.25, -0.2) is 8.42 Å². The van der Waals surface area contributed by atoms with Gasteiger partial charge in [-0.3, -0.25) is 19.1 Å². The molecule has 0 atom stereocenters. The lowest BCUT2D eigenvalue weighted by atomic mass is 9.93. The van der Waals surface area contributed by atoms with E-state index in [1.807, 2.05) is 4.90 Å². The largest absolute Gasteiger partial charge is 0.343 e. The van der Waals surface area contributed by atoms with Gasteiger partial charge >= 0.3 is 0 Å². The van der Waals surface area contributed by atoms with Crippen LogP contribution < -0.4 is 10.0 Å². The van der Waals surface area contributed by atoms with Gasteiger partial charge in [0.05, 0.1) is 17.1 Å². The number of sulfonamides is 1. The highest BCUT2D eigenvalue weighted by atomic mass is 32.2. The van der Waals surface area contributed by atoms with Gasteiger partial charge in [0.1, 0.15) is 0 Å². The fourth-order valence-electron chi connectivity index (χ4n) is 5.72. The Morgan fingerprint density at radius 1 is 0.767 bits per heavy atom. The van der Waals surface area contributed by atoms with Crippen molar-refractivity contribution in [3.8, 4) is 0 Å². The van der Waals surface area contributed by atoms with Gasteiger partial charge in [0.25, 0.3) is 15.9 Å². The third-order valence-electron chi connectivity index (χ3n) is 8.30. The monoisotopic (exact) mass is 602 g/mol. The van der Waals surface area contributed by atoms with Crippen molar-refractivity contribution in [3.63, 3.8) is 0 Å². The molecule has 2 N–H and O–H groups in total. The molecule has 10 heteroatoms. The molecule has 5 rings (SSSR count). The maximum atomic E-state index is 13.1. The van der Waals surface area contributed by atoms with Crippen LogP contribution in [-0.4, -0.2) is 75.1 Å². The second-order valence-corrected chi connectivity index (χ2v) is 12.9. The normalized spacial score (nSPS) is 16.1. The Morgan fingerprint density at radius 3 is 2.12 bits per heavy atom. The summed E-state index contributed by atoms with van der Waals surface area (Å²) in [5.74, 6) is -0.230. The molecule has 2 aliphatic heterocycles. The van der Waals surface area contributed by atoms with Gasteiger partial charge in [-0.2, -0.15) is 0 Å². The van der Waals surface area contributed by atoms with Crippen molar-refractivity contribution in [3.05, 3.63) is 95.6 Å². The molecule has 2 amide bonds. The van der Waals surface area contributed by atoms with Crippen LogP contribution in [0.5, 0.6) is 0 Å². The van der Waals surface area contributed by atoms with E-state index in [-0.39, 0.29) is 39.9 Å². The number of hydrogen-bond donors (Lipinski definition) is 2. The van der Waals surface area contributed by atoms with Crippen LogP contribution in [0, 0.1) is 5.92 Å². The number of ketones is 1. The predicted molar refractivity (Wildman–Crippen MR) is 165 cm³/mol. The summed E-state index contributed by atoms with van der Waals surface area (Å²) < 4.78 is 28.8. The highest BCUT2D eigenvalue weighted by molar-refractivity contribution is 7.92. The number of nitrogens with one attached hydrogen (secondary N) is 2. The molecule has 43 heavy (non-hydrogen) atoms. The third kappa shape index (κ3) is 7.88. The molecule has 226 valence electrons. The van der Waals surface area contributed by atoms with Crippen molar-refractivity contribution in [1.29, 1.82) is 0 Å². The number of benzene rings is 3. The molecule has 0 aliphatic carbocycles. The SMILES string of the molecule is O=C(NCC(=O)N1CCC(CCN2CCCC2)CC1)c1ccc(S(=O)(=O)Nc2ccccc2C(=O)c2ccccc2)cc1. The molecule has 2 fully saturated rings. The molecular formula is C33H38N4O5S. The van der Waals surface area contributed by atoms with E-state index >= 15 is 0 Å². The van der Waals surface area contributed by atoms with Crippen LogP contribution >= 0.6 is 0 Å². The molecule has 2 saturated heterocycles. The number of likely N-dealkylation sites (tertiary alicyclic amines) is 2. The molecule has 2 heterocycles. The fourth-order valence-corrected chi connectivity index (χ4v) is 6.80. The Balaban J connectivity index is 1.12. The van der Waals surface area contributed by atoms with E-state index in [1.54, 1.807) is 48.5 Å². The molecule has 0 aromatic heterocycles. The molecule has 3 aromatic rings. The summed E-state index contributed by atoms with van der Waals surface area (Å²) >= 11 is 0. The maximum absolute atomic E-state index is 13.1. The molecule has 2 aliphatic rings. The summed E-state index contributed by atoms with van der Waals surface area (Å²) in [6.45, 7) is 4.87. The first-order chi connectivity index (χ1) is 20.8. The zero-order valence-electron chi connectivity index (χ0n) is 24.2. The van der Waals surface area contributed by atoms with Crippen molar-refractivity contribution in [2.75, 3.05) is 44.0 Å². The lowest BCUT2D eigenvalue weighted by Crippen LogP contribution is -2.44. The molecule has 0 unspecified atom stereocenters. The molecule has 0 spiro atoms. The van der Waals surface area contributed by atoms with Crippen LogP contribution in [0.25, 0.3) is 0 Å². The Kier molecular flexibility index (Phi) is 9.89. The lowest BCUT2D eigenvalue weighted by Gasteiger charge is -2.32. The second kappa shape index (κ2) is 14.0. The first-order valence-corrected chi connectivity index (χ1v) is 16.4. The van der Waals surface area contributed by atoms with E-state index in [2.05, 4.69) is 14.9 Å². The highest BCUT2D eigenvalue weighted by Crippen LogP contribution is 2.24. The van der Waals surface area contributed by atoms with Gasteiger partial charge in [0.15, 0.2) is 5.78 Å². The average molecular weight is 603 g/mol. The Bertz CT molecular complexity index is 1530. The molecule has 9 nitrogen and oxygen atoms in total. The zero-order valence-corrected chi connectivity index (χ0v) is 25.0. The van der Waals surface area contributed by atoms with Crippen LogP contribution in [0.2, 0.25) is 0 Å². The molecule has 0 saturated carbocycles. The van der Waals surface area contributed by atoms with Gasteiger partial charge in [-0.15, -0.1) is 0 Å². The van der Waals surface area contributed by atoms with E-state index < -0.39 is 15.9 Å². The number of anilines is 1. The number of rotatable bonds is 11. The van der Waals surface area contributed by atoms with E-state index in [1.165, 1.54) is 62.7 Å².